The van der Waals surface area contributed by atoms with E-state index in [4.69, 9.17) is 5.53 Å². The molecule has 2 rings (SSSR count). The predicted molar refractivity (Wildman–Crippen MR) is 134 cm³/mol. The molecule has 0 amide bonds. The molecule has 162 valence electrons. The first-order valence-electron chi connectivity index (χ1n) is 11.7. The maximum atomic E-state index is 9.00. The van der Waals surface area contributed by atoms with Gasteiger partial charge in [-0.1, -0.05) is 100 Å². The molecule has 0 fully saturated rings. The summed E-state index contributed by atoms with van der Waals surface area (Å²) in [6.07, 6.45) is 15.3. The van der Waals surface area contributed by atoms with Crippen molar-refractivity contribution in [1.29, 1.82) is 0 Å². The number of unbranched alkanes of at least 4 members (excludes halogenated alkanes) is 4. The largest absolute Gasteiger partial charge is 0.348 e. The minimum Gasteiger partial charge on any atom is -0.348 e. The fraction of sp³-hybridized carbons (Fsp3) is 0.379. The fourth-order valence-electron chi connectivity index (χ4n) is 3.87. The van der Waals surface area contributed by atoms with Gasteiger partial charge in [-0.15, -0.1) is 4.79 Å². The van der Waals surface area contributed by atoms with Crippen LogP contribution in [0.4, 0.5) is 0 Å². The maximum Gasteiger partial charge on any atom is 0.299 e. The molecular weight excluding hydrogens is 376 g/mol. The molecule has 2 aromatic carbocycles. The van der Waals surface area contributed by atoms with Gasteiger partial charge in [0.25, 0.3) is 5.87 Å². The summed E-state index contributed by atoms with van der Waals surface area (Å²) in [4.78, 5) is 3.12. The fourth-order valence-corrected chi connectivity index (χ4v) is 3.87. The van der Waals surface area contributed by atoms with Gasteiger partial charge >= 0.3 is 0 Å². The van der Waals surface area contributed by atoms with E-state index in [-0.39, 0.29) is 0 Å². The lowest BCUT2D eigenvalue weighted by Gasteiger charge is -2.15. The molecule has 0 atom stereocenters. The number of allylic oxidation sites excluding steroid dienone is 3. The molecule has 0 aliphatic carbocycles. The number of benzene rings is 2. The monoisotopic (exact) mass is 412 g/mol. The highest BCUT2D eigenvalue weighted by molar-refractivity contribution is 5.85. The van der Waals surface area contributed by atoms with Crippen molar-refractivity contribution in [3.63, 3.8) is 0 Å². The van der Waals surface area contributed by atoms with Crippen LogP contribution in [0.25, 0.3) is 17.2 Å². The first-order valence-corrected chi connectivity index (χ1v) is 11.7. The molecule has 0 saturated heterocycles. The highest BCUT2D eigenvalue weighted by Crippen LogP contribution is 2.31. The first-order chi connectivity index (χ1) is 15.2. The number of hydrogen-bond acceptors (Lipinski definition) is 0. The zero-order valence-electron chi connectivity index (χ0n) is 19.4. The molecule has 0 unspecified atom stereocenters. The van der Waals surface area contributed by atoms with E-state index in [1.165, 1.54) is 53.5 Å². The van der Waals surface area contributed by atoms with Crippen molar-refractivity contribution >= 4 is 17.5 Å². The minimum absolute atomic E-state index is 0.922. The van der Waals surface area contributed by atoms with Gasteiger partial charge in [0.05, 0.1) is 6.08 Å². The maximum absolute atomic E-state index is 9.00. The summed E-state index contributed by atoms with van der Waals surface area (Å²) < 4.78 is 0. The van der Waals surface area contributed by atoms with E-state index in [9.17, 15) is 0 Å². The van der Waals surface area contributed by atoms with Crippen molar-refractivity contribution in [2.75, 3.05) is 0 Å². The number of nitrogens with zero attached hydrogens (tertiary/aromatic N) is 2. The number of aryl methyl sites for hydroxylation is 1. The van der Waals surface area contributed by atoms with Gasteiger partial charge in [0.15, 0.2) is 0 Å². The number of rotatable bonds is 12. The molecule has 0 aliphatic heterocycles. The molecule has 0 aromatic heterocycles. The molecule has 31 heavy (non-hydrogen) atoms. The van der Waals surface area contributed by atoms with E-state index >= 15 is 0 Å². The molecule has 2 nitrogen and oxygen atoms in total. The van der Waals surface area contributed by atoms with Crippen molar-refractivity contribution < 1.29 is 4.79 Å². The van der Waals surface area contributed by atoms with Crippen LogP contribution in [0.2, 0.25) is 0 Å². The average Bonchev–Trinajstić information content (AvgIpc) is 2.80. The van der Waals surface area contributed by atoms with E-state index < -0.39 is 0 Å². The standard InChI is InChI=1S/C29H36N2/c1-4-7-9-10-13-25-14-11-16-28(23-25)29(26(15-8-5-2)21-22-31-30)27-19-17-24(12-6-3)18-20-27/h6,11-12,14,16-21,23H,4-5,7-10,13,15H2,1-3H3. The lowest BCUT2D eigenvalue weighted by molar-refractivity contribution is 0.00800. The Hall–Kier alpha value is -2.92. The van der Waals surface area contributed by atoms with Gasteiger partial charge in [-0.3, -0.25) is 0 Å². The second-order valence-electron chi connectivity index (χ2n) is 8.01. The Morgan fingerprint density at radius 1 is 0.935 bits per heavy atom. The van der Waals surface area contributed by atoms with Crippen LogP contribution in [-0.4, -0.2) is 10.7 Å². The molecule has 0 aliphatic rings. The second-order valence-corrected chi connectivity index (χ2v) is 8.01. The van der Waals surface area contributed by atoms with Crippen molar-refractivity contribution in [2.45, 2.75) is 72.1 Å². The van der Waals surface area contributed by atoms with Gasteiger partial charge in [0.1, 0.15) is 0 Å². The van der Waals surface area contributed by atoms with Crippen molar-refractivity contribution in [3.8, 4) is 0 Å². The summed E-state index contributed by atoms with van der Waals surface area (Å²) in [5.41, 5.74) is 16.3. The van der Waals surface area contributed by atoms with Crippen LogP contribution in [-0.2, 0) is 6.42 Å². The Balaban J connectivity index is 2.54. The summed E-state index contributed by atoms with van der Waals surface area (Å²) >= 11 is 0. The van der Waals surface area contributed by atoms with Crippen LogP contribution >= 0.6 is 0 Å². The third-order valence-electron chi connectivity index (χ3n) is 5.51. The van der Waals surface area contributed by atoms with Gasteiger partial charge in [-0.25, -0.2) is 0 Å². The third kappa shape index (κ3) is 8.02. The van der Waals surface area contributed by atoms with Crippen LogP contribution < -0.4 is 0 Å². The van der Waals surface area contributed by atoms with E-state index in [1.807, 2.05) is 13.0 Å². The Morgan fingerprint density at radius 3 is 2.39 bits per heavy atom. The highest BCUT2D eigenvalue weighted by atomic mass is 14.8. The SMILES string of the molecule is CC=Cc1ccc(C(=C(C=C=[N+]=[N-])CCCC)c2cccc(CCCCCC)c2)cc1. The van der Waals surface area contributed by atoms with Crippen molar-refractivity contribution in [2.24, 2.45) is 0 Å². The minimum atomic E-state index is 0.922. The van der Waals surface area contributed by atoms with Crippen LogP contribution in [0.15, 0.2) is 66.3 Å². The van der Waals surface area contributed by atoms with Crippen molar-refractivity contribution in [1.82, 2.24) is 0 Å². The van der Waals surface area contributed by atoms with Crippen LogP contribution in [0.5, 0.6) is 0 Å². The molecule has 0 N–H and O–H groups in total. The zero-order valence-corrected chi connectivity index (χ0v) is 19.4. The topological polar surface area (TPSA) is 36.4 Å². The van der Waals surface area contributed by atoms with Gasteiger partial charge in [0.2, 0.25) is 0 Å². The third-order valence-corrected chi connectivity index (χ3v) is 5.51. The van der Waals surface area contributed by atoms with Crippen LogP contribution in [0.1, 0.15) is 88.0 Å². The molecule has 0 spiro atoms. The molecule has 0 heterocycles. The first kappa shape index (κ1) is 24.4. The van der Waals surface area contributed by atoms with E-state index in [0.29, 0.717) is 0 Å². The predicted octanol–water partition coefficient (Wildman–Crippen LogP) is 8.29. The van der Waals surface area contributed by atoms with Gasteiger partial charge in [-0.05, 0) is 66.0 Å². The molecule has 0 saturated carbocycles. The summed E-state index contributed by atoms with van der Waals surface area (Å²) in [6.45, 7) is 6.48. The lowest BCUT2D eigenvalue weighted by Crippen LogP contribution is -1.97. The zero-order chi connectivity index (χ0) is 22.3. The summed E-state index contributed by atoms with van der Waals surface area (Å²) in [5.74, 6) is 2.66. The molecule has 0 radical (unpaired) electrons. The summed E-state index contributed by atoms with van der Waals surface area (Å²) in [6, 6.07) is 17.6. The Labute approximate surface area is 188 Å². The normalized spacial score (nSPS) is 11.7. The van der Waals surface area contributed by atoms with Gasteiger partial charge < -0.3 is 5.53 Å². The molecular formula is C29H36N2. The molecule has 0 bridgehead atoms. The van der Waals surface area contributed by atoms with Crippen molar-refractivity contribution in [3.05, 3.63) is 94.0 Å². The Bertz CT molecular complexity index is 950. The van der Waals surface area contributed by atoms with Gasteiger partial charge in [-0.2, -0.15) is 0 Å². The lowest BCUT2D eigenvalue weighted by atomic mass is 9.89. The summed E-state index contributed by atoms with van der Waals surface area (Å²) in [7, 11) is 0. The molecule has 2 aromatic rings. The van der Waals surface area contributed by atoms with Gasteiger partial charge in [0, 0.05) is 0 Å². The molecule has 2 heteroatoms. The number of hydrogen-bond donors (Lipinski definition) is 0. The quantitative estimate of drug-likeness (QED) is 0.110. The smallest absolute Gasteiger partial charge is 0.299 e. The van der Waals surface area contributed by atoms with Crippen LogP contribution in [0.3, 0.4) is 0 Å². The van der Waals surface area contributed by atoms with Crippen LogP contribution in [0, 0.1) is 0 Å². The highest BCUT2D eigenvalue weighted by Gasteiger charge is 2.12. The second kappa shape index (κ2) is 14.1. The van der Waals surface area contributed by atoms with E-state index in [2.05, 4.69) is 85.2 Å². The van der Waals surface area contributed by atoms with E-state index in [1.54, 1.807) is 0 Å². The summed E-state index contributed by atoms with van der Waals surface area (Å²) in [5, 5.41) is 0. The Morgan fingerprint density at radius 2 is 1.71 bits per heavy atom. The average molecular weight is 413 g/mol. The van der Waals surface area contributed by atoms with E-state index in [0.717, 1.165) is 31.3 Å². The Kier molecular flexibility index (Phi) is 11.1.